The van der Waals surface area contributed by atoms with Gasteiger partial charge >= 0.3 is 0 Å². The number of rotatable bonds is 10. The summed E-state index contributed by atoms with van der Waals surface area (Å²) < 4.78 is 24.2. The first kappa shape index (κ1) is 23.2. The number of carbonyl (C=O) groups excluding carboxylic acids is 1. The molecule has 3 rings (SSSR count). The Hall–Kier alpha value is -2.48. The van der Waals surface area contributed by atoms with E-state index in [-0.39, 0.29) is 18.3 Å². The van der Waals surface area contributed by atoms with Gasteiger partial charge < -0.3 is 19.7 Å². The van der Waals surface area contributed by atoms with Gasteiger partial charge in [0.25, 0.3) is 5.91 Å². The number of piperazine rings is 1. The maximum absolute atomic E-state index is 13.3. The molecule has 2 aromatic carbocycles. The van der Waals surface area contributed by atoms with Gasteiger partial charge in [0.05, 0.1) is 0 Å². The van der Waals surface area contributed by atoms with E-state index < -0.39 is 0 Å². The summed E-state index contributed by atoms with van der Waals surface area (Å²) in [6.07, 6.45) is 0.767. The smallest absolute Gasteiger partial charge is 0.257 e. The van der Waals surface area contributed by atoms with E-state index >= 15 is 0 Å². The number of ether oxygens (including phenoxy) is 2. The number of nitrogens with zero attached hydrogens (tertiary/aromatic N) is 2. The van der Waals surface area contributed by atoms with Gasteiger partial charge in [-0.3, -0.25) is 9.69 Å². The van der Waals surface area contributed by atoms with E-state index in [9.17, 15) is 9.18 Å². The van der Waals surface area contributed by atoms with Crippen LogP contribution in [-0.4, -0.2) is 75.8 Å². The van der Waals surface area contributed by atoms with Gasteiger partial charge in [-0.1, -0.05) is 18.2 Å². The predicted octanol–water partition coefficient (Wildman–Crippen LogP) is 2.77. The van der Waals surface area contributed by atoms with Crippen LogP contribution in [-0.2, 0) is 16.1 Å². The number of halogens is 1. The molecule has 1 saturated heterocycles. The van der Waals surface area contributed by atoms with Crippen molar-refractivity contribution in [3.63, 3.8) is 0 Å². The highest BCUT2D eigenvalue weighted by Gasteiger charge is 2.17. The molecule has 2 aromatic rings. The van der Waals surface area contributed by atoms with Crippen LogP contribution in [0.3, 0.4) is 0 Å². The van der Waals surface area contributed by atoms with Crippen molar-refractivity contribution in [2.75, 3.05) is 60.1 Å². The van der Waals surface area contributed by atoms with Crippen LogP contribution in [0.5, 0.6) is 5.75 Å². The first-order chi connectivity index (χ1) is 15.0. The first-order valence-electron chi connectivity index (χ1n) is 10.7. The summed E-state index contributed by atoms with van der Waals surface area (Å²) in [7, 11) is 3.77. The lowest BCUT2D eigenvalue weighted by Crippen LogP contribution is -2.43. The summed E-state index contributed by atoms with van der Waals surface area (Å²) >= 11 is 0. The van der Waals surface area contributed by atoms with E-state index in [1.54, 1.807) is 19.2 Å². The van der Waals surface area contributed by atoms with E-state index in [2.05, 4.69) is 28.2 Å². The second-order valence-corrected chi connectivity index (χ2v) is 7.89. The van der Waals surface area contributed by atoms with Gasteiger partial charge in [-0.2, -0.15) is 0 Å². The second kappa shape index (κ2) is 11.8. The number of hydrogen-bond acceptors (Lipinski definition) is 5. The molecule has 1 N–H and O–H groups in total. The van der Waals surface area contributed by atoms with Crippen molar-refractivity contribution in [2.24, 2.45) is 0 Å². The predicted molar refractivity (Wildman–Crippen MR) is 120 cm³/mol. The van der Waals surface area contributed by atoms with Crippen LogP contribution in [0.25, 0.3) is 11.1 Å². The molecule has 0 unspecified atom stereocenters. The van der Waals surface area contributed by atoms with E-state index in [0.29, 0.717) is 18.9 Å². The Balaban J connectivity index is 1.70. The van der Waals surface area contributed by atoms with Gasteiger partial charge in [0.15, 0.2) is 6.61 Å². The molecule has 31 heavy (non-hydrogen) atoms. The average molecular weight is 430 g/mol. The fourth-order valence-corrected chi connectivity index (χ4v) is 3.55. The van der Waals surface area contributed by atoms with Crippen molar-refractivity contribution in [1.82, 2.24) is 15.1 Å². The van der Waals surface area contributed by atoms with Crippen LogP contribution in [0.4, 0.5) is 4.39 Å². The Morgan fingerprint density at radius 3 is 2.48 bits per heavy atom. The Labute approximate surface area is 183 Å². The zero-order valence-corrected chi connectivity index (χ0v) is 18.4. The highest BCUT2D eigenvalue weighted by Crippen LogP contribution is 2.28. The van der Waals surface area contributed by atoms with Crippen molar-refractivity contribution in [2.45, 2.75) is 13.0 Å². The first-order valence-corrected chi connectivity index (χ1v) is 10.7. The number of hydrogen-bond donors (Lipinski definition) is 1. The third kappa shape index (κ3) is 7.31. The molecule has 0 saturated carbocycles. The number of benzene rings is 2. The fraction of sp³-hybridized carbons (Fsp3) is 0.458. The molecule has 0 aliphatic carbocycles. The minimum absolute atomic E-state index is 0.0292. The minimum atomic E-state index is -0.252. The zero-order valence-electron chi connectivity index (χ0n) is 18.4. The summed E-state index contributed by atoms with van der Waals surface area (Å²) in [4.78, 5) is 16.8. The molecule has 1 fully saturated rings. The zero-order chi connectivity index (χ0) is 22.1. The van der Waals surface area contributed by atoms with Crippen LogP contribution in [0.1, 0.15) is 12.0 Å². The molecular formula is C24H32FN3O3. The molecule has 0 aromatic heterocycles. The van der Waals surface area contributed by atoms with Gasteiger partial charge in [-0.05, 0) is 48.9 Å². The Morgan fingerprint density at radius 1 is 1.06 bits per heavy atom. The normalized spacial score (nSPS) is 15.1. The van der Waals surface area contributed by atoms with Crippen LogP contribution in [0.2, 0.25) is 0 Å². The Bertz CT molecular complexity index is 836. The van der Waals surface area contributed by atoms with Gasteiger partial charge in [-0.15, -0.1) is 0 Å². The van der Waals surface area contributed by atoms with Gasteiger partial charge in [-0.25, -0.2) is 4.39 Å². The summed E-state index contributed by atoms with van der Waals surface area (Å²) in [6, 6.07) is 12.4. The molecule has 1 heterocycles. The lowest BCUT2D eigenvalue weighted by atomic mass is 10.0. The fourth-order valence-electron chi connectivity index (χ4n) is 3.55. The van der Waals surface area contributed by atoms with Gasteiger partial charge in [0.1, 0.15) is 11.6 Å². The average Bonchev–Trinajstić information content (AvgIpc) is 2.78. The van der Waals surface area contributed by atoms with E-state index in [4.69, 9.17) is 9.47 Å². The summed E-state index contributed by atoms with van der Waals surface area (Å²) in [6.45, 7) is 5.91. The summed E-state index contributed by atoms with van der Waals surface area (Å²) in [5.74, 6) is 0.305. The molecule has 0 radical (unpaired) electrons. The van der Waals surface area contributed by atoms with Crippen molar-refractivity contribution >= 4 is 5.91 Å². The van der Waals surface area contributed by atoms with Crippen LogP contribution in [0, 0.1) is 5.82 Å². The number of nitrogens with one attached hydrogen (secondary N) is 1. The molecule has 0 spiro atoms. The van der Waals surface area contributed by atoms with Gasteiger partial charge in [0, 0.05) is 58.5 Å². The molecule has 1 aliphatic rings. The second-order valence-electron chi connectivity index (χ2n) is 7.89. The highest BCUT2D eigenvalue weighted by molar-refractivity contribution is 5.77. The molecule has 168 valence electrons. The lowest BCUT2D eigenvalue weighted by molar-refractivity contribution is -0.123. The largest absolute Gasteiger partial charge is 0.483 e. The monoisotopic (exact) mass is 429 g/mol. The molecular weight excluding hydrogens is 397 g/mol. The maximum atomic E-state index is 13.3. The topological polar surface area (TPSA) is 54.0 Å². The maximum Gasteiger partial charge on any atom is 0.257 e. The number of methoxy groups -OCH3 is 1. The molecule has 0 bridgehead atoms. The third-order valence-corrected chi connectivity index (χ3v) is 5.43. The number of likely N-dealkylation sites (N-methyl/N-ethyl adjacent to an activating group) is 1. The quantitative estimate of drug-likeness (QED) is 0.589. The summed E-state index contributed by atoms with van der Waals surface area (Å²) in [5.41, 5.74) is 2.97. The Kier molecular flexibility index (Phi) is 8.82. The SMILES string of the molecule is COCCCNC(=O)COc1ccc(-c2ccc(F)cc2)cc1CN1CCN(C)CC1. The van der Waals surface area contributed by atoms with E-state index in [0.717, 1.165) is 55.8 Å². The molecule has 0 atom stereocenters. The molecule has 6 nitrogen and oxygen atoms in total. The van der Waals surface area contributed by atoms with Crippen LogP contribution in [0.15, 0.2) is 42.5 Å². The molecule has 7 heteroatoms. The van der Waals surface area contributed by atoms with Crippen LogP contribution >= 0.6 is 0 Å². The molecule has 1 amide bonds. The van der Waals surface area contributed by atoms with Crippen LogP contribution < -0.4 is 10.1 Å². The number of amides is 1. The lowest BCUT2D eigenvalue weighted by Gasteiger charge is -2.32. The van der Waals surface area contributed by atoms with E-state index in [1.165, 1.54) is 12.1 Å². The van der Waals surface area contributed by atoms with Crippen molar-refractivity contribution in [3.8, 4) is 16.9 Å². The van der Waals surface area contributed by atoms with Crippen molar-refractivity contribution < 1.29 is 18.7 Å². The summed E-state index contributed by atoms with van der Waals surface area (Å²) in [5, 5.41) is 2.84. The van der Waals surface area contributed by atoms with Gasteiger partial charge in [0.2, 0.25) is 0 Å². The van der Waals surface area contributed by atoms with E-state index in [1.807, 2.05) is 12.1 Å². The minimum Gasteiger partial charge on any atom is -0.483 e. The Morgan fingerprint density at radius 2 is 1.77 bits per heavy atom. The third-order valence-electron chi connectivity index (χ3n) is 5.43. The van der Waals surface area contributed by atoms with Crippen molar-refractivity contribution in [1.29, 1.82) is 0 Å². The van der Waals surface area contributed by atoms with Crippen molar-refractivity contribution in [3.05, 3.63) is 53.8 Å². The number of carbonyl (C=O) groups is 1. The highest BCUT2D eigenvalue weighted by atomic mass is 19.1. The standard InChI is InChI=1S/C24H32FN3O3/c1-27-11-13-28(14-12-27)17-21-16-20(19-4-7-22(25)8-5-19)6-9-23(21)31-18-24(29)26-10-3-15-30-2/h4-9,16H,3,10-15,17-18H2,1-2H3,(H,26,29). The molecule has 1 aliphatic heterocycles.